The molecule has 2 fully saturated rings. The monoisotopic (exact) mass is 384 g/mol. The zero-order valence-corrected chi connectivity index (χ0v) is 15.9. The van der Waals surface area contributed by atoms with Gasteiger partial charge in [0.05, 0.1) is 17.6 Å². The van der Waals surface area contributed by atoms with Gasteiger partial charge >= 0.3 is 6.09 Å². The van der Waals surface area contributed by atoms with E-state index in [9.17, 15) is 14.4 Å². The average Bonchev–Trinajstić information content (AvgIpc) is 2.83. The number of fused-ring (bicyclic) bond motifs is 1. The second kappa shape index (κ2) is 7.26. The SMILES string of the molecule is CN1C[C@]2(CCCN(C(=O)CCc3nc4ccccc4[nH]c3=O)CC2)OC1=O. The van der Waals surface area contributed by atoms with Crippen LogP contribution in [0.25, 0.3) is 11.0 Å². The average molecular weight is 384 g/mol. The molecule has 148 valence electrons. The lowest BCUT2D eigenvalue weighted by atomic mass is 9.95. The van der Waals surface area contributed by atoms with Crippen molar-refractivity contribution in [2.45, 2.75) is 37.7 Å². The van der Waals surface area contributed by atoms with Crippen LogP contribution in [0.4, 0.5) is 4.79 Å². The minimum atomic E-state index is -0.474. The van der Waals surface area contributed by atoms with Gasteiger partial charge < -0.3 is 19.5 Å². The number of H-pyrrole nitrogens is 1. The number of aromatic nitrogens is 2. The van der Waals surface area contributed by atoms with E-state index in [0.717, 1.165) is 12.8 Å². The number of hydrogen-bond acceptors (Lipinski definition) is 5. The molecule has 2 aliphatic heterocycles. The van der Waals surface area contributed by atoms with Gasteiger partial charge in [0.25, 0.3) is 5.56 Å². The highest BCUT2D eigenvalue weighted by atomic mass is 16.6. The maximum atomic E-state index is 12.7. The maximum absolute atomic E-state index is 12.7. The molecule has 1 atom stereocenters. The van der Waals surface area contributed by atoms with Crippen molar-refractivity contribution in [2.24, 2.45) is 0 Å². The third-order valence-corrected chi connectivity index (χ3v) is 5.64. The van der Waals surface area contributed by atoms with Crippen molar-refractivity contribution in [3.63, 3.8) is 0 Å². The summed E-state index contributed by atoms with van der Waals surface area (Å²) in [5, 5.41) is 0. The van der Waals surface area contributed by atoms with Gasteiger partial charge in [0, 0.05) is 39.4 Å². The fourth-order valence-electron chi connectivity index (χ4n) is 4.09. The molecule has 0 bridgehead atoms. The third kappa shape index (κ3) is 3.58. The molecule has 28 heavy (non-hydrogen) atoms. The van der Waals surface area contributed by atoms with Crippen LogP contribution in [0.1, 0.15) is 31.4 Å². The highest BCUT2D eigenvalue weighted by Gasteiger charge is 2.44. The fourth-order valence-corrected chi connectivity index (χ4v) is 4.09. The molecule has 1 N–H and O–H groups in total. The molecule has 1 spiro atoms. The van der Waals surface area contributed by atoms with Gasteiger partial charge in [0.2, 0.25) is 5.91 Å². The number of likely N-dealkylation sites (N-methyl/N-ethyl adjacent to an activating group) is 1. The Labute approximate surface area is 162 Å². The van der Waals surface area contributed by atoms with Crippen molar-refractivity contribution >= 4 is 23.0 Å². The van der Waals surface area contributed by atoms with Crippen LogP contribution in [-0.2, 0) is 16.0 Å². The number of para-hydroxylation sites is 2. The van der Waals surface area contributed by atoms with Crippen LogP contribution in [0, 0.1) is 0 Å². The number of nitrogens with zero attached hydrogens (tertiary/aromatic N) is 3. The molecule has 0 unspecified atom stereocenters. The molecule has 0 aliphatic carbocycles. The highest BCUT2D eigenvalue weighted by Crippen LogP contribution is 2.32. The molecule has 1 aromatic carbocycles. The Kier molecular flexibility index (Phi) is 4.78. The minimum absolute atomic E-state index is 0.00378. The summed E-state index contributed by atoms with van der Waals surface area (Å²) in [5.74, 6) is 0.00378. The summed E-state index contributed by atoms with van der Waals surface area (Å²) in [6.45, 7) is 1.77. The van der Waals surface area contributed by atoms with Gasteiger partial charge in [-0.25, -0.2) is 9.78 Å². The molecular weight excluding hydrogens is 360 g/mol. The second-order valence-corrected chi connectivity index (χ2v) is 7.67. The summed E-state index contributed by atoms with van der Waals surface area (Å²) in [7, 11) is 1.74. The second-order valence-electron chi connectivity index (χ2n) is 7.67. The molecule has 2 aromatic rings. The van der Waals surface area contributed by atoms with Crippen molar-refractivity contribution in [3.05, 3.63) is 40.3 Å². The van der Waals surface area contributed by atoms with Crippen molar-refractivity contribution in [3.8, 4) is 0 Å². The molecule has 0 saturated carbocycles. The molecule has 8 heteroatoms. The molecule has 2 aliphatic rings. The molecule has 2 amide bonds. The summed E-state index contributed by atoms with van der Waals surface area (Å²) in [6.07, 6.45) is 2.45. The Morgan fingerprint density at radius 3 is 2.86 bits per heavy atom. The number of nitrogens with one attached hydrogen (secondary N) is 1. The van der Waals surface area contributed by atoms with Gasteiger partial charge in [-0.15, -0.1) is 0 Å². The predicted molar refractivity (Wildman–Crippen MR) is 103 cm³/mol. The number of carbonyl (C=O) groups is 2. The smallest absolute Gasteiger partial charge is 0.410 e. The number of rotatable bonds is 3. The summed E-state index contributed by atoms with van der Waals surface area (Å²) in [5.41, 5.74) is 1.06. The minimum Gasteiger partial charge on any atom is -0.441 e. The Bertz CT molecular complexity index is 972. The number of benzene rings is 1. The normalized spacial score (nSPS) is 22.5. The molecule has 1 aromatic heterocycles. The zero-order valence-electron chi connectivity index (χ0n) is 15.9. The lowest BCUT2D eigenvalue weighted by Gasteiger charge is -2.25. The van der Waals surface area contributed by atoms with E-state index in [0.29, 0.717) is 49.2 Å². The van der Waals surface area contributed by atoms with Gasteiger partial charge in [0.15, 0.2) is 0 Å². The number of aromatic amines is 1. The Morgan fingerprint density at radius 1 is 1.25 bits per heavy atom. The number of carbonyl (C=O) groups excluding carboxylic acids is 2. The van der Waals surface area contributed by atoms with Crippen molar-refractivity contribution in [1.82, 2.24) is 19.8 Å². The quantitative estimate of drug-likeness (QED) is 0.869. The van der Waals surface area contributed by atoms with E-state index in [1.807, 2.05) is 23.1 Å². The predicted octanol–water partition coefficient (Wildman–Crippen LogP) is 1.69. The largest absolute Gasteiger partial charge is 0.441 e. The first kappa shape index (κ1) is 18.5. The summed E-state index contributed by atoms with van der Waals surface area (Å²) in [4.78, 5) is 47.3. The van der Waals surface area contributed by atoms with Gasteiger partial charge in [0.1, 0.15) is 11.3 Å². The molecule has 3 heterocycles. The molecule has 4 rings (SSSR count). The van der Waals surface area contributed by atoms with E-state index in [1.54, 1.807) is 18.0 Å². The van der Waals surface area contributed by atoms with Crippen LogP contribution in [0.2, 0.25) is 0 Å². The van der Waals surface area contributed by atoms with E-state index < -0.39 is 5.60 Å². The Morgan fingerprint density at radius 2 is 2.07 bits per heavy atom. The van der Waals surface area contributed by atoms with Crippen molar-refractivity contribution in [1.29, 1.82) is 0 Å². The van der Waals surface area contributed by atoms with Gasteiger partial charge in [-0.2, -0.15) is 0 Å². The van der Waals surface area contributed by atoms with E-state index in [4.69, 9.17) is 4.74 Å². The van der Waals surface area contributed by atoms with Crippen molar-refractivity contribution < 1.29 is 14.3 Å². The van der Waals surface area contributed by atoms with Gasteiger partial charge in [-0.1, -0.05) is 12.1 Å². The Balaban J connectivity index is 1.39. The fraction of sp³-hybridized carbons (Fsp3) is 0.500. The first-order valence-corrected chi connectivity index (χ1v) is 9.66. The van der Waals surface area contributed by atoms with Crippen LogP contribution in [0.15, 0.2) is 29.1 Å². The van der Waals surface area contributed by atoms with Crippen LogP contribution in [0.5, 0.6) is 0 Å². The standard InChI is InChI=1S/C20H24N4O4/c1-23-13-20(28-19(23)27)9-4-11-24(12-10-20)17(25)8-7-16-18(26)22-15-6-3-2-5-14(15)21-16/h2-3,5-6H,4,7-13H2,1H3,(H,22,26)/t20-/m1/s1. The van der Waals surface area contributed by atoms with Gasteiger partial charge in [-0.3, -0.25) is 9.59 Å². The summed E-state index contributed by atoms with van der Waals surface area (Å²) < 4.78 is 5.59. The number of amides is 2. The van der Waals surface area contributed by atoms with Crippen molar-refractivity contribution in [2.75, 3.05) is 26.7 Å². The number of hydrogen-bond donors (Lipinski definition) is 1. The zero-order chi connectivity index (χ0) is 19.7. The molecular formula is C20H24N4O4. The van der Waals surface area contributed by atoms with E-state index >= 15 is 0 Å². The number of likely N-dealkylation sites (tertiary alicyclic amines) is 1. The highest BCUT2D eigenvalue weighted by molar-refractivity contribution is 5.77. The van der Waals surface area contributed by atoms with Gasteiger partial charge in [-0.05, 0) is 25.0 Å². The van der Waals surface area contributed by atoms with E-state index in [-0.39, 0.29) is 24.0 Å². The first-order valence-electron chi connectivity index (χ1n) is 9.66. The summed E-state index contributed by atoms with van der Waals surface area (Å²) in [6, 6.07) is 7.35. The maximum Gasteiger partial charge on any atom is 0.410 e. The first-order chi connectivity index (χ1) is 13.5. The number of aryl methyl sites for hydroxylation is 1. The van der Waals surface area contributed by atoms with E-state index in [1.165, 1.54) is 0 Å². The van der Waals surface area contributed by atoms with E-state index in [2.05, 4.69) is 9.97 Å². The molecule has 2 saturated heterocycles. The lowest BCUT2D eigenvalue weighted by molar-refractivity contribution is -0.131. The number of ether oxygens (including phenoxy) is 1. The van der Waals surface area contributed by atoms with Crippen LogP contribution in [0.3, 0.4) is 0 Å². The molecule has 0 radical (unpaired) electrons. The summed E-state index contributed by atoms with van der Waals surface area (Å²) >= 11 is 0. The third-order valence-electron chi connectivity index (χ3n) is 5.64. The van der Waals surface area contributed by atoms with Crippen LogP contribution in [-0.4, -0.2) is 64.1 Å². The lowest BCUT2D eigenvalue weighted by Crippen LogP contribution is -2.37. The van der Waals surface area contributed by atoms with Crippen LogP contribution < -0.4 is 5.56 Å². The van der Waals surface area contributed by atoms with Crippen LogP contribution >= 0.6 is 0 Å². The Hall–Kier alpha value is -2.90. The topological polar surface area (TPSA) is 95.6 Å². The molecule has 8 nitrogen and oxygen atoms in total.